The first kappa shape index (κ1) is 22.2. The van der Waals surface area contributed by atoms with Crippen LogP contribution in [-0.2, 0) is 19.1 Å². The molecular formula is C18H23F2N3O7. The zero-order chi connectivity index (χ0) is 22.1. The molecule has 0 aromatic carbocycles. The third-order valence-corrected chi connectivity index (χ3v) is 5.50. The van der Waals surface area contributed by atoms with Crippen molar-refractivity contribution >= 4 is 17.7 Å². The molecule has 1 saturated carbocycles. The number of aliphatic hydroxyl groups is 2. The van der Waals surface area contributed by atoms with Gasteiger partial charge in [0.25, 0.3) is 0 Å². The van der Waals surface area contributed by atoms with Crippen LogP contribution in [0.1, 0.15) is 31.9 Å². The molecule has 1 aliphatic carbocycles. The van der Waals surface area contributed by atoms with Crippen molar-refractivity contribution in [1.29, 1.82) is 0 Å². The maximum atomic E-state index is 14.2. The lowest BCUT2D eigenvalue weighted by Crippen LogP contribution is -2.42. The van der Waals surface area contributed by atoms with E-state index in [9.17, 15) is 28.3 Å². The summed E-state index contributed by atoms with van der Waals surface area (Å²) >= 11 is 0. The lowest BCUT2D eigenvalue weighted by atomic mass is 9.78. The summed E-state index contributed by atoms with van der Waals surface area (Å²) in [6.45, 7) is -0.855. The maximum absolute atomic E-state index is 14.2. The smallest absolute Gasteiger partial charge is 0.351 e. The Morgan fingerprint density at radius 3 is 2.60 bits per heavy atom. The largest absolute Gasteiger partial charge is 0.469 e. The first-order valence-electron chi connectivity index (χ1n) is 9.50. The molecule has 1 amide bonds. The van der Waals surface area contributed by atoms with Crippen molar-refractivity contribution in [3.63, 3.8) is 0 Å². The fraction of sp³-hybridized carbons (Fsp3) is 0.667. The van der Waals surface area contributed by atoms with Crippen LogP contribution in [0.25, 0.3) is 0 Å². The molecule has 0 radical (unpaired) electrons. The van der Waals surface area contributed by atoms with Crippen molar-refractivity contribution in [3.8, 4) is 0 Å². The van der Waals surface area contributed by atoms with Crippen LogP contribution in [0.15, 0.2) is 17.1 Å². The number of carbonyl (C=O) groups excluding carboxylic acids is 2. The minimum Gasteiger partial charge on any atom is -0.469 e. The molecule has 1 aromatic heterocycles. The normalized spacial score (nSPS) is 30.6. The third-order valence-electron chi connectivity index (χ3n) is 5.50. The number of aromatic nitrogens is 2. The van der Waals surface area contributed by atoms with E-state index < -0.39 is 60.4 Å². The third kappa shape index (κ3) is 4.07. The van der Waals surface area contributed by atoms with Gasteiger partial charge in [0.05, 0.1) is 25.6 Å². The number of esters is 1. The van der Waals surface area contributed by atoms with E-state index in [1.165, 1.54) is 7.11 Å². The number of rotatable bonds is 5. The highest BCUT2D eigenvalue weighted by molar-refractivity contribution is 5.94. The molecular weight excluding hydrogens is 408 g/mol. The van der Waals surface area contributed by atoms with E-state index in [4.69, 9.17) is 14.6 Å². The highest BCUT2D eigenvalue weighted by Crippen LogP contribution is 2.42. The van der Waals surface area contributed by atoms with Crippen LogP contribution in [0.3, 0.4) is 0 Å². The SMILES string of the molecule is COC(=O)C1CCCCC1C(=O)Nc1ccn([C@@H]2O[C@H](CO)[C@@H](O)C2(F)F)c(=O)n1. The van der Waals surface area contributed by atoms with Crippen molar-refractivity contribution < 1.29 is 38.1 Å². The summed E-state index contributed by atoms with van der Waals surface area (Å²) < 4.78 is 38.6. The molecule has 2 unspecified atom stereocenters. The number of aliphatic hydroxyl groups excluding tert-OH is 2. The molecule has 2 heterocycles. The summed E-state index contributed by atoms with van der Waals surface area (Å²) in [5, 5.41) is 21.1. The number of nitrogens with zero attached hydrogens (tertiary/aromatic N) is 2. The quantitative estimate of drug-likeness (QED) is 0.556. The van der Waals surface area contributed by atoms with E-state index in [0.717, 1.165) is 25.1 Å². The number of methoxy groups -OCH3 is 1. The first-order valence-corrected chi connectivity index (χ1v) is 9.50. The minimum atomic E-state index is -3.83. The Kier molecular flexibility index (Phi) is 6.48. The molecule has 3 rings (SSSR count). The fourth-order valence-corrected chi connectivity index (χ4v) is 3.88. The van der Waals surface area contributed by atoms with E-state index in [0.29, 0.717) is 17.4 Å². The van der Waals surface area contributed by atoms with Gasteiger partial charge < -0.3 is 25.0 Å². The monoisotopic (exact) mass is 431 g/mol. The Balaban J connectivity index is 1.76. The van der Waals surface area contributed by atoms with Gasteiger partial charge in [-0.25, -0.2) is 4.79 Å². The Morgan fingerprint density at radius 2 is 2.03 bits per heavy atom. The van der Waals surface area contributed by atoms with Crippen molar-refractivity contribution in [3.05, 3.63) is 22.7 Å². The van der Waals surface area contributed by atoms with Crippen LogP contribution in [0, 0.1) is 11.8 Å². The predicted molar refractivity (Wildman–Crippen MR) is 96.5 cm³/mol. The maximum Gasteiger partial charge on any atom is 0.351 e. The molecule has 2 fully saturated rings. The van der Waals surface area contributed by atoms with E-state index >= 15 is 0 Å². The topological polar surface area (TPSA) is 140 Å². The number of anilines is 1. The number of nitrogens with one attached hydrogen (secondary N) is 1. The van der Waals surface area contributed by atoms with Gasteiger partial charge in [-0.1, -0.05) is 12.8 Å². The van der Waals surface area contributed by atoms with Gasteiger partial charge in [-0.3, -0.25) is 14.2 Å². The first-order chi connectivity index (χ1) is 14.2. The molecule has 3 N–H and O–H groups in total. The molecule has 166 valence electrons. The van der Waals surface area contributed by atoms with Gasteiger partial charge in [0.2, 0.25) is 12.1 Å². The number of hydrogen-bond donors (Lipinski definition) is 3. The average Bonchev–Trinajstić information content (AvgIpc) is 2.96. The minimum absolute atomic E-state index is 0.170. The number of hydrogen-bond acceptors (Lipinski definition) is 8. The van der Waals surface area contributed by atoms with Crippen LogP contribution in [0.4, 0.5) is 14.6 Å². The van der Waals surface area contributed by atoms with Crippen molar-refractivity contribution in [1.82, 2.24) is 9.55 Å². The summed E-state index contributed by atoms with van der Waals surface area (Å²) in [5.74, 6) is -6.27. The molecule has 1 aromatic rings. The van der Waals surface area contributed by atoms with Gasteiger partial charge in [0.1, 0.15) is 11.9 Å². The average molecular weight is 431 g/mol. The van der Waals surface area contributed by atoms with Crippen molar-refractivity contribution in [2.75, 3.05) is 19.0 Å². The van der Waals surface area contributed by atoms with Gasteiger partial charge in [0, 0.05) is 6.20 Å². The molecule has 0 bridgehead atoms. The van der Waals surface area contributed by atoms with Crippen molar-refractivity contribution in [2.45, 2.75) is 50.0 Å². The van der Waals surface area contributed by atoms with E-state index in [1.807, 2.05) is 0 Å². The van der Waals surface area contributed by atoms with Crippen LogP contribution in [0.5, 0.6) is 0 Å². The molecule has 1 saturated heterocycles. The predicted octanol–water partition coefficient (Wildman–Crippen LogP) is 0.0471. The van der Waals surface area contributed by atoms with Crippen LogP contribution < -0.4 is 11.0 Å². The molecule has 30 heavy (non-hydrogen) atoms. The van der Waals surface area contributed by atoms with Gasteiger partial charge in [-0.05, 0) is 18.9 Å². The Bertz CT molecular complexity index is 862. The van der Waals surface area contributed by atoms with Gasteiger partial charge in [0.15, 0.2) is 6.10 Å². The Labute approximate surface area is 169 Å². The molecule has 10 nitrogen and oxygen atoms in total. The molecule has 0 spiro atoms. The number of alkyl halides is 2. The lowest BCUT2D eigenvalue weighted by molar-refractivity contribution is -0.151. The summed E-state index contributed by atoms with van der Waals surface area (Å²) in [6.07, 6.45) is -2.55. The van der Waals surface area contributed by atoms with Crippen molar-refractivity contribution in [2.24, 2.45) is 11.8 Å². The number of amides is 1. The van der Waals surface area contributed by atoms with Gasteiger partial charge in [-0.15, -0.1) is 0 Å². The molecule has 5 atom stereocenters. The molecule has 12 heteroatoms. The summed E-state index contributed by atoms with van der Waals surface area (Å²) in [4.78, 5) is 40.4. The number of halogens is 2. The fourth-order valence-electron chi connectivity index (χ4n) is 3.88. The number of ether oxygens (including phenoxy) is 2. The van der Waals surface area contributed by atoms with E-state index in [2.05, 4.69) is 10.3 Å². The molecule has 2 aliphatic rings. The number of carbonyl (C=O) groups is 2. The van der Waals surface area contributed by atoms with Crippen LogP contribution in [-0.4, -0.2) is 63.5 Å². The summed E-state index contributed by atoms with van der Waals surface area (Å²) in [6, 6.07) is 1.13. The second kappa shape index (κ2) is 8.74. The highest BCUT2D eigenvalue weighted by atomic mass is 19.3. The van der Waals surface area contributed by atoms with Crippen LogP contribution >= 0.6 is 0 Å². The Hall–Kier alpha value is -2.44. The Morgan fingerprint density at radius 1 is 1.37 bits per heavy atom. The second-order valence-electron chi connectivity index (χ2n) is 7.34. The zero-order valence-corrected chi connectivity index (χ0v) is 16.2. The molecule has 1 aliphatic heterocycles. The summed E-state index contributed by atoms with van der Waals surface area (Å²) in [7, 11) is 1.24. The lowest BCUT2D eigenvalue weighted by Gasteiger charge is -2.28. The summed E-state index contributed by atoms with van der Waals surface area (Å²) in [5.41, 5.74) is -1.14. The highest BCUT2D eigenvalue weighted by Gasteiger charge is 2.59. The van der Waals surface area contributed by atoms with Gasteiger partial charge >= 0.3 is 17.6 Å². The second-order valence-corrected chi connectivity index (χ2v) is 7.34. The van der Waals surface area contributed by atoms with E-state index in [1.54, 1.807) is 0 Å². The standard InChI is InChI=1S/C18H23F2N3O7/c1-29-15(27)10-5-3-2-4-9(10)14(26)21-12-6-7-23(17(28)22-12)16-18(19,20)13(25)11(8-24)30-16/h6-7,9-11,13,16,24-25H,2-5,8H2,1H3,(H,21,22,26,28)/t9?,10?,11-,13-,16-/m1/s1. The zero-order valence-electron chi connectivity index (χ0n) is 16.2. The van der Waals surface area contributed by atoms with Gasteiger partial charge in [-0.2, -0.15) is 13.8 Å². The van der Waals surface area contributed by atoms with E-state index in [-0.39, 0.29) is 5.82 Å². The van der Waals surface area contributed by atoms with Crippen LogP contribution in [0.2, 0.25) is 0 Å².